The van der Waals surface area contributed by atoms with Gasteiger partial charge < -0.3 is 18.6 Å². The van der Waals surface area contributed by atoms with Gasteiger partial charge in [-0.15, -0.1) is 0 Å². The second-order valence-electron chi connectivity index (χ2n) is 7.44. The highest BCUT2D eigenvalue weighted by atomic mass is 16.4. The monoisotopic (exact) mass is 368 g/mol. The van der Waals surface area contributed by atoms with Gasteiger partial charge in [-0.2, -0.15) is 0 Å². The van der Waals surface area contributed by atoms with Crippen molar-refractivity contribution in [3.8, 4) is 0 Å². The first-order chi connectivity index (χ1) is 12.9. The summed E-state index contributed by atoms with van der Waals surface area (Å²) in [6.45, 7) is 7.19. The number of likely N-dealkylation sites (N-methyl/N-ethyl adjacent to an activating group) is 1. The molecule has 0 atom stereocenters. The highest BCUT2D eigenvalue weighted by Gasteiger charge is 2.20. The minimum atomic E-state index is -0.367. The number of carbonyl (C=O) groups excluding carboxylic acids is 1. The Morgan fingerprint density at radius 3 is 2.56 bits per heavy atom. The maximum Gasteiger partial charge on any atom is 0.339 e. The molecule has 6 nitrogen and oxygen atoms in total. The van der Waals surface area contributed by atoms with Crippen molar-refractivity contribution in [1.82, 2.24) is 9.80 Å². The van der Waals surface area contributed by atoms with E-state index in [2.05, 4.69) is 11.9 Å². The third-order valence-corrected chi connectivity index (χ3v) is 5.62. The van der Waals surface area contributed by atoms with Crippen LogP contribution in [0.5, 0.6) is 0 Å². The standard InChI is InChI=1S/C21H24N2O4/c1-13-12-26-18-11-19-17(10-16(13)18)14(2)15(21(25)27-19)4-5-20(24)23-8-6-22(3)7-9-23/h10-12H,4-9H2,1-3H3. The molecule has 0 unspecified atom stereocenters. The van der Waals surface area contributed by atoms with Gasteiger partial charge in [0.25, 0.3) is 0 Å². The summed E-state index contributed by atoms with van der Waals surface area (Å²) in [7, 11) is 2.06. The first kappa shape index (κ1) is 17.8. The van der Waals surface area contributed by atoms with Crippen molar-refractivity contribution in [3.05, 3.63) is 45.5 Å². The summed E-state index contributed by atoms with van der Waals surface area (Å²) in [5.74, 6) is 0.100. The number of hydrogen-bond acceptors (Lipinski definition) is 5. The normalized spacial score (nSPS) is 15.7. The summed E-state index contributed by atoms with van der Waals surface area (Å²) in [5.41, 5.74) is 3.38. The van der Waals surface area contributed by atoms with E-state index in [1.165, 1.54) is 0 Å². The van der Waals surface area contributed by atoms with Crippen LogP contribution in [0, 0.1) is 13.8 Å². The van der Waals surface area contributed by atoms with Crippen LogP contribution in [-0.4, -0.2) is 48.9 Å². The van der Waals surface area contributed by atoms with Gasteiger partial charge in [0.1, 0.15) is 11.2 Å². The van der Waals surface area contributed by atoms with Gasteiger partial charge in [0.2, 0.25) is 5.91 Å². The van der Waals surface area contributed by atoms with Gasteiger partial charge in [0.15, 0.2) is 0 Å². The second-order valence-corrected chi connectivity index (χ2v) is 7.44. The van der Waals surface area contributed by atoms with Gasteiger partial charge in [0, 0.05) is 55.0 Å². The Kier molecular flexibility index (Phi) is 4.52. The number of rotatable bonds is 3. The number of hydrogen-bond donors (Lipinski definition) is 0. The molecule has 6 heteroatoms. The van der Waals surface area contributed by atoms with Crippen LogP contribution in [0.1, 0.15) is 23.1 Å². The molecule has 142 valence electrons. The summed E-state index contributed by atoms with van der Waals surface area (Å²) in [5, 5.41) is 1.91. The van der Waals surface area contributed by atoms with Gasteiger partial charge in [0.05, 0.1) is 6.26 Å². The van der Waals surface area contributed by atoms with Crippen LogP contribution in [0.3, 0.4) is 0 Å². The Morgan fingerprint density at radius 2 is 1.81 bits per heavy atom. The summed E-state index contributed by atoms with van der Waals surface area (Å²) in [6, 6.07) is 3.78. The highest BCUT2D eigenvalue weighted by Crippen LogP contribution is 2.29. The van der Waals surface area contributed by atoms with Crippen molar-refractivity contribution in [2.24, 2.45) is 0 Å². The van der Waals surface area contributed by atoms with Crippen LogP contribution in [0.15, 0.2) is 32.0 Å². The minimum Gasteiger partial charge on any atom is -0.464 e. The number of benzene rings is 1. The van der Waals surface area contributed by atoms with E-state index in [1.807, 2.05) is 24.8 Å². The summed E-state index contributed by atoms with van der Waals surface area (Å²) in [6.07, 6.45) is 2.43. The molecule has 3 heterocycles. The number of amides is 1. The number of carbonyl (C=O) groups is 1. The molecule has 2 aromatic heterocycles. The lowest BCUT2D eigenvalue weighted by Gasteiger charge is -2.32. The number of fused-ring (bicyclic) bond motifs is 2. The number of piperazine rings is 1. The first-order valence-electron chi connectivity index (χ1n) is 9.34. The zero-order valence-electron chi connectivity index (χ0n) is 16.0. The van der Waals surface area contributed by atoms with E-state index in [-0.39, 0.29) is 11.5 Å². The molecular formula is C21H24N2O4. The van der Waals surface area contributed by atoms with Gasteiger partial charge >= 0.3 is 5.63 Å². The Bertz CT molecular complexity index is 1070. The Balaban J connectivity index is 1.61. The van der Waals surface area contributed by atoms with Crippen LogP contribution < -0.4 is 5.63 Å². The second kappa shape index (κ2) is 6.85. The molecule has 27 heavy (non-hydrogen) atoms. The van der Waals surface area contributed by atoms with E-state index in [0.29, 0.717) is 29.6 Å². The third kappa shape index (κ3) is 3.25. The van der Waals surface area contributed by atoms with Crippen molar-refractivity contribution in [2.45, 2.75) is 26.7 Å². The van der Waals surface area contributed by atoms with Crippen LogP contribution in [0.2, 0.25) is 0 Å². The van der Waals surface area contributed by atoms with Crippen molar-refractivity contribution in [3.63, 3.8) is 0 Å². The average molecular weight is 368 g/mol. The van der Waals surface area contributed by atoms with E-state index in [9.17, 15) is 9.59 Å². The molecule has 1 aliphatic rings. The summed E-state index contributed by atoms with van der Waals surface area (Å²) >= 11 is 0. The topological polar surface area (TPSA) is 66.9 Å². The Morgan fingerprint density at radius 1 is 1.07 bits per heavy atom. The summed E-state index contributed by atoms with van der Waals surface area (Å²) < 4.78 is 11.0. The average Bonchev–Trinajstić information content (AvgIpc) is 3.00. The molecule has 0 radical (unpaired) electrons. The van der Waals surface area contributed by atoms with Crippen molar-refractivity contribution in [2.75, 3.05) is 33.2 Å². The quantitative estimate of drug-likeness (QED) is 0.665. The fourth-order valence-corrected chi connectivity index (χ4v) is 3.77. The molecular weight excluding hydrogens is 344 g/mol. The zero-order chi connectivity index (χ0) is 19.1. The minimum absolute atomic E-state index is 0.100. The molecule has 1 aromatic carbocycles. The number of aryl methyl sites for hydroxylation is 2. The maximum atomic E-state index is 12.5. The SMILES string of the molecule is Cc1coc2cc3oc(=O)c(CCC(=O)N4CCN(C)CC4)c(C)c3cc12. The van der Waals surface area contributed by atoms with Crippen molar-refractivity contribution in [1.29, 1.82) is 0 Å². The van der Waals surface area contributed by atoms with Crippen LogP contribution >= 0.6 is 0 Å². The van der Waals surface area contributed by atoms with E-state index >= 15 is 0 Å². The fraction of sp³-hybridized carbons (Fsp3) is 0.429. The van der Waals surface area contributed by atoms with E-state index in [4.69, 9.17) is 8.83 Å². The van der Waals surface area contributed by atoms with Gasteiger partial charge in [-0.05, 0) is 44.5 Å². The first-order valence-corrected chi connectivity index (χ1v) is 9.34. The molecule has 0 N–H and O–H groups in total. The fourth-order valence-electron chi connectivity index (χ4n) is 3.77. The van der Waals surface area contributed by atoms with Gasteiger partial charge in [-0.1, -0.05) is 0 Å². The zero-order valence-corrected chi connectivity index (χ0v) is 16.0. The molecule has 0 saturated carbocycles. The highest BCUT2D eigenvalue weighted by molar-refractivity contribution is 5.96. The lowest BCUT2D eigenvalue weighted by molar-refractivity contribution is -0.132. The lowest BCUT2D eigenvalue weighted by Crippen LogP contribution is -2.47. The Labute approximate surface area is 157 Å². The smallest absolute Gasteiger partial charge is 0.339 e. The lowest BCUT2D eigenvalue weighted by atomic mass is 10.0. The van der Waals surface area contributed by atoms with Crippen molar-refractivity contribution >= 4 is 27.8 Å². The Hall–Kier alpha value is -2.60. The predicted molar refractivity (Wildman–Crippen MR) is 104 cm³/mol. The molecule has 0 bridgehead atoms. The molecule has 4 rings (SSSR count). The number of furan rings is 1. The van der Waals surface area contributed by atoms with Crippen LogP contribution in [0.25, 0.3) is 21.9 Å². The summed E-state index contributed by atoms with van der Waals surface area (Å²) in [4.78, 5) is 29.1. The molecule has 1 saturated heterocycles. The number of nitrogens with zero attached hydrogens (tertiary/aromatic N) is 2. The van der Waals surface area contributed by atoms with E-state index in [1.54, 1.807) is 12.3 Å². The van der Waals surface area contributed by atoms with Gasteiger partial charge in [-0.3, -0.25) is 4.79 Å². The largest absolute Gasteiger partial charge is 0.464 e. The molecule has 0 spiro atoms. The van der Waals surface area contributed by atoms with E-state index < -0.39 is 0 Å². The molecule has 1 fully saturated rings. The van der Waals surface area contributed by atoms with Crippen LogP contribution in [0.4, 0.5) is 0 Å². The molecule has 1 aliphatic heterocycles. The van der Waals surface area contributed by atoms with Crippen LogP contribution in [-0.2, 0) is 11.2 Å². The third-order valence-electron chi connectivity index (χ3n) is 5.62. The van der Waals surface area contributed by atoms with E-state index in [0.717, 1.165) is 48.1 Å². The maximum absolute atomic E-state index is 12.5. The van der Waals surface area contributed by atoms with Crippen molar-refractivity contribution < 1.29 is 13.6 Å². The van der Waals surface area contributed by atoms with Gasteiger partial charge in [-0.25, -0.2) is 4.79 Å². The molecule has 3 aromatic rings. The molecule has 1 amide bonds. The predicted octanol–water partition coefficient (Wildman–Crippen LogP) is 2.86. The molecule has 0 aliphatic carbocycles.